The quantitative estimate of drug-likeness (QED) is 0.289. The molecule has 0 spiro atoms. The van der Waals surface area contributed by atoms with Gasteiger partial charge in [-0.05, 0) is 26.2 Å². The van der Waals surface area contributed by atoms with Gasteiger partial charge in [-0.15, -0.1) is 24.0 Å². The molecular weight excluding hydrogens is 433 g/mol. The zero-order valence-electron chi connectivity index (χ0n) is 15.6. The third-order valence-electron chi connectivity index (χ3n) is 3.99. The largest absolute Gasteiger partial charge is 0.356 e. The molecule has 0 aliphatic carbocycles. The Hall–Kier alpha value is -1.39. The number of carbonyl (C=O) groups is 1. The van der Waals surface area contributed by atoms with E-state index in [0.717, 1.165) is 50.4 Å². The summed E-state index contributed by atoms with van der Waals surface area (Å²) in [6, 6.07) is 0.0716. The van der Waals surface area contributed by atoms with E-state index >= 15 is 0 Å². The Morgan fingerprint density at radius 2 is 2.20 bits per heavy atom. The highest BCUT2D eigenvalue weighted by Crippen LogP contribution is 2.22. The maximum Gasteiger partial charge on any atom is 0.243 e. The normalized spacial score (nSPS) is 16.6. The highest BCUT2D eigenvalue weighted by Gasteiger charge is 2.24. The van der Waals surface area contributed by atoms with Crippen LogP contribution in [0.4, 0.5) is 0 Å². The molecule has 1 unspecified atom stereocenters. The number of hydrogen-bond acceptors (Lipinski definition) is 4. The van der Waals surface area contributed by atoms with Crippen LogP contribution in [0.3, 0.4) is 0 Å². The molecule has 8 nitrogen and oxygen atoms in total. The summed E-state index contributed by atoms with van der Waals surface area (Å²) in [6.07, 6.45) is 4.19. The molecule has 25 heavy (non-hydrogen) atoms. The second kappa shape index (κ2) is 10.6. The minimum atomic E-state index is -0.0192. The van der Waals surface area contributed by atoms with Crippen molar-refractivity contribution in [2.45, 2.75) is 52.1 Å². The molecule has 1 aliphatic heterocycles. The molecular formula is C16H30IN7O. The minimum Gasteiger partial charge on any atom is -0.356 e. The molecule has 0 fully saturated rings. The monoisotopic (exact) mass is 463 g/mol. The Labute approximate surface area is 166 Å². The Kier molecular flexibility index (Phi) is 9.15. The number of unbranched alkanes of at least 4 members (excludes halogenated alkanes) is 1. The molecule has 142 valence electrons. The van der Waals surface area contributed by atoms with Crippen molar-refractivity contribution in [3.05, 3.63) is 11.6 Å². The van der Waals surface area contributed by atoms with Crippen LogP contribution in [0.25, 0.3) is 0 Å². The number of likely N-dealkylation sites (N-methyl/N-ethyl adjacent to an activating group) is 1. The van der Waals surface area contributed by atoms with Gasteiger partial charge in [0.05, 0.1) is 6.04 Å². The summed E-state index contributed by atoms with van der Waals surface area (Å²) in [7, 11) is 3.48. The number of fused-ring (bicyclic) bond motifs is 1. The standard InChI is InChI=1S/C16H29N7O.HI/c1-5-6-9-17-16(18-11-14(24)22(3)4)20-13-8-7-10-23-15(13)19-12(2)21-23;/h13H,5-11H2,1-4H3,(H2,17,18,20);1H. The molecule has 1 amide bonds. The fourth-order valence-corrected chi connectivity index (χ4v) is 2.59. The van der Waals surface area contributed by atoms with Crippen LogP contribution in [0.5, 0.6) is 0 Å². The van der Waals surface area contributed by atoms with E-state index in [1.807, 2.05) is 11.6 Å². The van der Waals surface area contributed by atoms with E-state index in [2.05, 4.69) is 32.6 Å². The van der Waals surface area contributed by atoms with Crippen molar-refractivity contribution in [1.29, 1.82) is 0 Å². The number of guanidine groups is 1. The second-order valence-electron chi connectivity index (χ2n) is 6.31. The van der Waals surface area contributed by atoms with Crippen LogP contribution in [0.2, 0.25) is 0 Å². The molecule has 1 aliphatic rings. The van der Waals surface area contributed by atoms with E-state index in [4.69, 9.17) is 0 Å². The number of halogens is 1. The molecule has 1 aromatic rings. The molecule has 0 bridgehead atoms. The zero-order valence-corrected chi connectivity index (χ0v) is 17.9. The van der Waals surface area contributed by atoms with Crippen molar-refractivity contribution in [2.75, 3.05) is 27.2 Å². The maximum absolute atomic E-state index is 11.8. The van der Waals surface area contributed by atoms with E-state index < -0.39 is 0 Å². The first-order valence-corrected chi connectivity index (χ1v) is 8.67. The first-order valence-electron chi connectivity index (χ1n) is 8.67. The van der Waals surface area contributed by atoms with Crippen molar-refractivity contribution >= 4 is 35.8 Å². The van der Waals surface area contributed by atoms with Crippen molar-refractivity contribution in [1.82, 2.24) is 30.3 Å². The van der Waals surface area contributed by atoms with Gasteiger partial charge in [0.25, 0.3) is 0 Å². The van der Waals surface area contributed by atoms with Gasteiger partial charge in [-0.1, -0.05) is 13.3 Å². The number of rotatable bonds is 6. The predicted molar refractivity (Wildman–Crippen MR) is 109 cm³/mol. The fourth-order valence-electron chi connectivity index (χ4n) is 2.59. The third-order valence-corrected chi connectivity index (χ3v) is 3.99. The van der Waals surface area contributed by atoms with Gasteiger partial charge in [-0.3, -0.25) is 4.79 Å². The van der Waals surface area contributed by atoms with E-state index in [1.54, 1.807) is 19.0 Å². The Morgan fingerprint density at radius 1 is 1.44 bits per heavy atom. The van der Waals surface area contributed by atoms with E-state index in [0.29, 0.717) is 5.96 Å². The smallest absolute Gasteiger partial charge is 0.243 e. The Bertz CT molecular complexity index is 585. The second-order valence-corrected chi connectivity index (χ2v) is 6.31. The molecule has 2 N–H and O–H groups in total. The SMILES string of the molecule is CCCCNC(=NCC(=O)N(C)C)NC1CCCn2nc(C)nc21.I. The number of aromatic nitrogens is 3. The van der Waals surface area contributed by atoms with Gasteiger partial charge in [0.2, 0.25) is 5.91 Å². The fraction of sp³-hybridized carbons (Fsp3) is 0.750. The summed E-state index contributed by atoms with van der Waals surface area (Å²) in [4.78, 5) is 22.3. The molecule has 1 atom stereocenters. The van der Waals surface area contributed by atoms with Crippen LogP contribution >= 0.6 is 24.0 Å². The summed E-state index contributed by atoms with van der Waals surface area (Å²) in [5.41, 5.74) is 0. The first-order chi connectivity index (χ1) is 11.5. The highest BCUT2D eigenvalue weighted by atomic mass is 127. The molecule has 0 saturated heterocycles. The number of nitrogens with zero attached hydrogens (tertiary/aromatic N) is 5. The lowest BCUT2D eigenvalue weighted by molar-refractivity contribution is -0.127. The summed E-state index contributed by atoms with van der Waals surface area (Å²) in [5.74, 6) is 2.38. The molecule has 2 rings (SSSR count). The zero-order chi connectivity index (χ0) is 17.5. The number of aryl methyl sites for hydroxylation is 2. The summed E-state index contributed by atoms with van der Waals surface area (Å²) >= 11 is 0. The molecule has 0 radical (unpaired) electrons. The Balaban J connectivity index is 0.00000312. The highest BCUT2D eigenvalue weighted by molar-refractivity contribution is 14.0. The van der Waals surface area contributed by atoms with Crippen molar-refractivity contribution in [3.8, 4) is 0 Å². The number of carbonyl (C=O) groups excluding carboxylic acids is 1. The maximum atomic E-state index is 11.8. The molecule has 2 heterocycles. The van der Waals surface area contributed by atoms with Gasteiger partial charge in [0, 0.05) is 27.2 Å². The average Bonchev–Trinajstić information content (AvgIpc) is 2.93. The third kappa shape index (κ3) is 6.44. The Morgan fingerprint density at radius 3 is 2.88 bits per heavy atom. The van der Waals surface area contributed by atoms with Crippen molar-refractivity contribution in [3.63, 3.8) is 0 Å². The number of amides is 1. The first kappa shape index (κ1) is 21.7. The van der Waals surface area contributed by atoms with Crippen LogP contribution in [-0.2, 0) is 11.3 Å². The topological polar surface area (TPSA) is 87.4 Å². The van der Waals surface area contributed by atoms with Crippen molar-refractivity contribution < 1.29 is 4.79 Å². The van der Waals surface area contributed by atoms with Gasteiger partial charge in [-0.2, -0.15) is 5.10 Å². The van der Waals surface area contributed by atoms with Gasteiger partial charge in [0.1, 0.15) is 18.2 Å². The lowest BCUT2D eigenvalue weighted by Crippen LogP contribution is -2.42. The van der Waals surface area contributed by atoms with E-state index in [1.165, 1.54) is 0 Å². The lowest BCUT2D eigenvalue weighted by Gasteiger charge is -2.25. The minimum absolute atomic E-state index is 0. The summed E-state index contributed by atoms with van der Waals surface area (Å²) in [5, 5.41) is 11.2. The van der Waals surface area contributed by atoms with Crippen LogP contribution in [-0.4, -0.2) is 58.7 Å². The van der Waals surface area contributed by atoms with Gasteiger partial charge < -0.3 is 15.5 Å². The van der Waals surface area contributed by atoms with Crippen LogP contribution in [0, 0.1) is 6.92 Å². The van der Waals surface area contributed by atoms with Crippen LogP contribution in [0.15, 0.2) is 4.99 Å². The molecule has 1 aromatic heterocycles. The number of aliphatic imine (C=N–C) groups is 1. The van der Waals surface area contributed by atoms with Gasteiger partial charge in [0.15, 0.2) is 5.96 Å². The lowest BCUT2D eigenvalue weighted by atomic mass is 10.1. The van der Waals surface area contributed by atoms with Crippen LogP contribution in [0.1, 0.15) is 50.3 Å². The molecule has 0 aromatic carbocycles. The predicted octanol–water partition coefficient (Wildman–Crippen LogP) is 1.46. The van der Waals surface area contributed by atoms with Gasteiger partial charge in [-0.25, -0.2) is 14.7 Å². The number of nitrogens with one attached hydrogen (secondary N) is 2. The van der Waals surface area contributed by atoms with E-state index in [9.17, 15) is 4.79 Å². The summed E-state index contributed by atoms with van der Waals surface area (Å²) in [6.45, 7) is 5.92. The molecule has 0 saturated carbocycles. The van der Waals surface area contributed by atoms with E-state index in [-0.39, 0.29) is 42.5 Å². The van der Waals surface area contributed by atoms with Gasteiger partial charge >= 0.3 is 0 Å². The van der Waals surface area contributed by atoms with Crippen molar-refractivity contribution in [2.24, 2.45) is 4.99 Å². The average molecular weight is 463 g/mol. The molecule has 9 heteroatoms. The summed E-state index contributed by atoms with van der Waals surface area (Å²) < 4.78 is 1.96. The number of hydrogen-bond donors (Lipinski definition) is 2. The van der Waals surface area contributed by atoms with Crippen LogP contribution < -0.4 is 10.6 Å².